The number of thiophene rings is 1. The number of nitrogens with two attached hydrogens (primary N) is 1. The van der Waals surface area contributed by atoms with E-state index in [2.05, 4.69) is 5.32 Å². The Hall–Kier alpha value is -2.21. The number of thioether (sulfide) groups is 1. The van der Waals surface area contributed by atoms with Gasteiger partial charge in [0.1, 0.15) is 27.6 Å². The van der Waals surface area contributed by atoms with E-state index in [4.69, 9.17) is 17.3 Å². The Balaban J connectivity index is 2.40. The van der Waals surface area contributed by atoms with E-state index in [0.29, 0.717) is 12.2 Å². The summed E-state index contributed by atoms with van der Waals surface area (Å²) in [5, 5.41) is 22.1. The molecule has 0 aliphatic rings. The molecule has 1 unspecified atom stereocenters. The first kappa shape index (κ1) is 20.1. The third-order valence-corrected chi connectivity index (χ3v) is 5.70. The number of aliphatic carboxylic acids is 1. The first-order valence-electron chi connectivity index (χ1n) is 7.50. The first-order chi connectivity index (χ1) is 12.4. The molecule has 1 aromatic carbocycles. The minimum Gasteiger partial charge on any atom is -0.480 e. The summed E-state index contributed by atoms with van der Waals surface area (Å²) in [6, 6.07) is 7.61. The number of hydrogen-bond donors (Lipinski definition) is 3. The number of carboxylic acid groups (broad SMARTS) is 1. The number of nitrogens with one attached hydrogen (secondary N) is 1. The molecule has 0 spiro atoms. The van der Waals surface area contributed by atoms with Gasteiger partial charge >= 0.3 is 5.97 Å². The van der Waals surface area contributed by atoms with E-state index in [0.717, 1.165) is 11.3 Å². The van der Waals surface area contributed by atoms with Crippen LogP contribution in [0.15, 0.2) is 24.3 Å². The highest BCUT2D eigenvalue weighted by Gasteiger charge is 2.26. The maximum atomic E-state index is 12.8. The monoisotopic (exact) mass is 409 g/mol. The lowest BCUT2D eigenvalue weighted by Crippen LogP contribution is -2.29. The van der Waals surface area contributed by atoms with Crippen LogP contribution in [-0.2, 0) is 4.79 Å². The summed E-state index contributed by atoms with van der Waals surface area (Å²) in [5.74, 6) is -0.800. The highest BCUT2D eigenvalue weighted by Crippen LogP contribution is 2.38. The Kier molecular flexibility index (Phi) is 6.91. The van der Waals surface area contributed by atoms with Crippen molar-refractivity contribution in [3.05, 3.63) is 45.3 Å². The SMILES string of the molecule is CSCCC(Nc1sc(C(=O)c2ccccc2Cl)c(N)c1C#N)C(=O)O. The van der Waals surface area contributed by atoms with Crippen molar-refractivity contribution >= 4 is 57.1 Å². The lowest BCUT2D eigenvalue weighted by molar-refractivity contribution is -0.137. The van der Waals surface area contributed by atoms with Crippen LogP contribution in [0.3, 0.4) is 0 Å². The van der Waals surface area contributed by atoms with Gasteiger partial charge in [0, 0.05) is 5.56 Å². The minimum atomic E-state index is -1.03. The van der Waals surface area contributed by atoms with Gasteiger partial charge in [-0.25, -0.2) is 4.79 Å². The zero-order valence-corrected chi connectivity index (χ0v) is 16.2. The standard InChI is InChI=1S/C17H16ClN3O3S2/c1-25-7-6-12(17(23)24)21-16-10(8-19)13(20)15(26-16)14(22)9-4-2-3-5-11(9)18/h2-5,12,21H,6-7,20H2,1H3,(H,23,24). The highest BCUT2D eigenvalue weighted by atomic mass is 35.5. The van der Waals surface area contributed by atoms with E-state index in [9.17, 15) is 20.0 Å². The molecular weight excluding hydrogens is 394 g/mol. The van der Waals surface area contributed by atoms with Gasteiger partial charge in [-0.15, -0.1) is 11.3 Å². The first-order valence-corrected chi connectivity index (χ1v) is 10.1. The molecule has 9 heteroatoms. The van der Waals surface area contributed by atoms with Crippen molar-refractivity contribution in [3.63, 3.8) is 0 Å². The summed E-state index contributed by atoms with van der Waals surface area (Å²) in [6.07, 6.45) is 2.25. The second-order valence-corrected chi connectivity index (χ2v) is 7.70. The molecule has 136 valence electrons. The molecule has 0 aliphatic carbocycles. The zero-order chi connectivity index (χ0) is 19.3. The number of nitrogens with zero attached hydrogens (tertiary/aromatic N) is 1. The summed E-state index contributed by atoms with van der Waals surface area (Å²) in [7, 11) is 0. The fourth-order valence-corrected chi connectivity index (χ4v) is 4.01. The number of nitriles is 1. The molecule has 1 aromatic heterocycles. The molecule has 0 fully saturated rings. The molecule has 0 aliphatic heterocycles. The van der Waals surface area contributed by atoms with Crippen LogP contribution in [0, 0.1) is 11.3 Å². The molecule has 0 bridgehead atoms. The topological polar surface area (TPSA) is 116 Å². The predicted octanol–water partition coefficient (Wildman–Crippen LogP) is 3.70. The van der Waals surface area contributed by atoms with E-state index in [1.54, 1.807) is 24.3 Å². The highest BCUT2D eigenvalue weighted by molar-refractivity contribution is 7.98. The Morgan fingerprint density at radius 2 is 2.15 bits per heavy atom. The Labute approximate surface area is 164 Å². The fourth-order valence-electron chi connectivity index (χ4n) is 2.24. The normalized spacial score (nSPS) is 11.6. The van der Waals surface area contributed by atoms with Crippen molar-refractivity contribution in [2.75, 3.05) is 23.1 Å². The number of halogens is 1. The van der Waals surface area contributed by atoms with Gasteiger partial charge < -0.3 is 16.2 Å². The number of nitrogen functional groups attached to an aromatic ring is 1. The number of rotatable bonds is 8. The maximum absolute atomic E-state index is 12.8. The average molecular weight is 410 g/mol. The van der Waals surface area contributed by atoms with Crippen LogP contribution in [-0.4, -0.2) is 34.9 Å². The molecule has 0 saturated carbocycles. The smallest absolute Gasteiger partial charge is 0.326 e. The van der Waals surface area contributed by atoms with Crippen LogP contribution in [0.5, 0.6) is 0 Å². The van der Waals surface area contributed by atoms with Crippen molar-refractivity contribution in [2.24, 2.45) is 0 Å². The van der Waals surface area contributed by atoms with Crippen LogP contribution in [0.2, 0.25) is 5.02 Å². The summed E-state index contributed by atoms with van der Waals surface area (Å²) in [5.41, 5.74) is 6.36. The maximum Gasteiger partial charge on any atom is 0.326 e. The molecule has 26 heavy (non-hydrogen) atoms. The predicted molar refractivity (Wildman–Crippen MR) is 106 cm³/mol. The van der Waals surface area contributed by atoms with Gasteiger partial charge in [-0.05, 0) is 30.6 Å². The molecular formula is C17H16ClN3O3S2. The fraction of sp³-hybridized carbons (Fsp3) is 0.235. The van der Waals surface area contributed by atoms with E-state index >= 15 is 0 Å². The number of anilines is 2. The number of carbonyl (C=O) groups excluding carboxylic acids is 1. The molecule has 1 heterocycles. The second-order valence-electron chi connectivity index (χ2n) is 5.29. The van der Waals surface area contributed by atoms with Crippen molar-refractivity contribution in [2.45, 2.75) is 12.5 Å². The van der Waals surface area contributed by atoms with Crippen molar-refractivity contribution in [1.82, 2.24) is 0 Å². The van der Waals surface area contributed by atoms with E-state index in [1.807, 2.05) is 12.3 Å². The lowest BCUT2D eigenvalue weighted by Gasteiger charge is -2.13. The summed E-state index contributed by atoms with van der Waals surface area (Å²) >= 11 is 8.55. The third-order valence-electron chi connectivity index (χ3n) is 3.60. The van der Waals surface area contributed by atoms with Crippen molar-refractivity contribution in [1.29, 1.82) is 5.26 Å². The molecule has 2 rings (SSSR count). The van der Waals surface area contributed by atoms with Crippen molar-refractivity contribution in [3.8, 4) is 6.07 Å². The van der Waals surface area contributed by atoms with Gasteiger partial charge in [0.25, 0.3) is 0 Å². The van der Waals surface area contributed by atoms with Gasteiger partial charge in [-0.3, -0.25) is 4.79 Å². The quantitative estimate of drug-likeness (QED) is 0.569. The zero-order valence-electron chi connectivity index (χ0n) is 13.8. The number of ketones is 1. The average Bonchev–Trinajstić information content (AvgIpc) is 2.93. The number of carboxylic acids is 1. The van der Waals surface area contributed by atoms with E-state index in [-0.39, 0.29) is 31.7 Å². The van der Waals surface area contributed by atoms with Gasteiger partial charge in [-0.1, -0.05) is 23.7 Å². The van der Waals surface area contributed by atoms with Crippen LogP contribution in [0.4, 0.5) is 10.7 Å². The number of carbonyl (C=O) groups is 2. The number of hydrogen-bond acceptors (Lipinski definition) is 7. The largest absolute Gasteiger partial charge is 0.480 e. The van der Waals surface area contributed by atoms with Crippen molar-refractivity contribution < 1.29 is 14.7 Å². The van der Waals surface area contributed by atoms with Crippen LogP contribution >= 0.6 is 34.7 Å². The molecule has 0 radical (unpaired) electrons. The summed E-state index contributed by atoms with van der Waals surface area (Å²) in [6.45, 7) is 0. The van der Waals surface area contributed by atoms with Gasteiger partial charge in [0.05, 0.1) is 10.7 Å². The van der Waals surface area contributed by atoms with Gasteiger partial charge in [0.2, 0.25) is 5.78 Å². The Bertz CT molecular complexity index is 877. The molecule has 2 aromatic rings. The summed E-state index contributed by atoms with van der Waals surface area (Å²) < 4.78 is 0. The van der Waals surface area contributed by atoms with Gasteiger partial charge in [-0.2, -0.15) is 17.0 Å². The molecule has 0 amide bonds. The number of benzene rings is 1. The van der Waals surface area contributed by atoms with Gasteiger partial charge in [0.15, 0.2) is 0 Å². The molecule has 1 atom stereocenters. The van der Waals surface area contributed by atoms with Crippen LogP contribution in [0.25, 0.3) is 0 Å². The van der Waals surface area contributed by atoms with Crippen LogP contribution in [0.1, 0.15) is 27.2 Å². The molecule has 6 nitrogen and oxygen atoms in total. The van der Waals surface area contributed by atoms with Crippen LogP contribution < -0.4 is 11.1 Å². The Morgan fingerprint density at radius 3 is 2.73 bits per heavy atom. The molecule has 4 N–H and O–H groups in total. The van der Waals surface area contributed by atoms with E-state index in [1.165, 1.54) is 11.8 Å². The second kappa shape index (κ2) is 8.94. The van der Waals surface area contributed by atoms with E-state index < -0.39 is 17.8 Å². The molecule has 0 saturated heterocycles. The Morgan fingerprint density at radius 1 is 1.46 bits per heavy atom. The third kappa shape index (κ3) is 4.30. The summed E-state index contributed by atoms with van der Waals surface area (Å²) in [4.78, 5) is 24.3. The minimum absolute atomic E-state index is 0.0268. The lowest BCUT2D eigenvalue weighted by atomic mass is 10.1.